The van der Waals surface area contributed by atoms with Crippen molar-refractivity contribution in [3.05, 3.63) is 0 Å². The van der Waals surface area contributed by atoms with Crippen molar-refractivity contribution in [2.75, 3.05) is 26.4 Å². The summed E-state index contributed by atoms with van der Waals surface area (Å²) in [5.74, 6) is 0. The topological polar surface area (TPSA) is 40.2 Å². The van der Waals surface area contributed by atoms with Crippen LogP contribution in [-0.4, -0.2) is 47.5 Å². The molecule has 1 saturated heterocycles. The summed E-state index contributed by atoms with van der Waals surface area (Å²) in [5, 5.41) is 0. The largest absolute Gasteiger partial charge is 0.395 e. The van der Waals surface area contributed by atoms with Crippen molar-refractivity contribution >= 4 is 9.28 Å². The van der Waals surface area contributed by atoms with Crippen molar-refractivity contribution < 1.29 is 18.3 Å². The third kappa shape index (κ3) is 5.08. The van der Waals surface area contributed by atoms with Crippen LogP contribution in [0.5, 0.6) is 0 Å². The second kappa shape index (κ2) is 7.35. The third-order valence-corrected chi connectivity index (χ3v) is 4.86. The lowest BCUT2D eigenvalue weighted by Crippen LogP contribution is -2.39. The van der Waals surface area contributed by atoms with Crippen molar-refractivity contribution in [3.8, 4) is 0 Å². The summed E-state index contributed by atoms with van der Waals surface area (Å²) in [7, 11) is -1.66. The summed E-state index contributed by atoms with van der Waals surface area (Å²) in [6.07, 6.45) is 1.26. The zero-order valence-corrected chi connectivity index (χ0v) is 11.1. The van der Waals surface area contributed by atoms with Crippen molar-refractivity contribution in [2.45, 2.75) is 39.0 Å². The van der Waals surface area contributed by atoms with Crippen LogP contribution < -0.4 is 0 Å². The van der Waals surface area contributed by atoms with E-state index in [0.717, 1.165) is 13.0 Å². The van der Waals surface area contributed by atoms with Crippen LogP contribution in [-0.2, 0) is 18.3 Å². The Morgan fingerprint density at radius 2 is 1.87 bits per heavy atom. The lowest BCUT2D eigenvalue weighted by Gasteiger charge is -2.23. The van der Waals surface area contributed by atoms with Crippen LogP contribution in [0.25, 0.3) is 0 Å². The van der Waals surface area contributed by atoms with Crippen molar-refractivity contribution in [1.29, 1.82) is 0 Å². The van der Waals surface area contributed by atoms with Gasteiger partial charge in [-0.05, 0) is 20.3 Å². The van der Waals surface area contributed by atoms with Gasteiger partial charge in [-0.25, -0.2) is 0 Å². The molecular weight excluding hydrogens is 212 g/mol. The number of epoxide rings is 1. The Labute approximate surface area is 93.7 Å². The molecule has 0 aromatic carbocycles. The van der Waals surface area contributed by atoms with Gasteiger partial charge in [0.2, 0.25) is 0 Å². The summed E-state index contributed by atoms with van der Waals surface area (Å²) in [4.78, 5) is 0. The molecule has 0 spiro atoms. The minimum Gasteiger partial charge on any atom is -0.395 e. The monoisotopic (exact) mass is 234 g/mol. The van der Waals surface area contributed by atoms with Gasteiger partial charge in [-0.3, -0.25) is 0 Å². The molecule has 5 heteroatoms. The summed E-state index contributed by atoms with van der Waals surface area (Å²) in [5.41, 5.74) is 0.147. The predicted molar refractivity (Wildman–Crippen MR) is 60.2 cm³/mol. The van der Waals surface area contributed by atoms with Crippen molar-refractivity contribution in [3.63, 3.8) is 0 Å². The van der Waals surface area contributed by atoms with Gasteiger partial charge >= 0.3 is 9.28 Å². The molecule has 2 unspecified atom stereocenters. The molecule has 0 aliphatic carbocycles. The van der Waals surface area contributed by atoms with Gasteiger partial charge in [-0.15, -0.1) is 0 Å². The van der Waals surface area contributed by atoms with E-state index in [1.165, 1.54) is 0 Å². The molecule has 15 heavy (non-hydrogen) atoms. The van der Waals surface area contributed by atoms with Gasteiger partial charge in [0.1, 0.15) is 6.10 Å². The van der Waals surface area contributed by atoms with E-state index in [4.69, 9.17) is 18.3 Å². The molecule has 0 aromatic rings. The number of rotatable bonds is 9. The van der Waals surface area contributed by atoms with Gasteiger partial charge in [0.25, 0.3) is 0 Å². The molecule has 1 aliphatic heterocycles. The van der Waals surface area contributed by atoms with Crippen LogP contribution >= 0.6 is 0 Å². The highest BCUT2D eigenvalue weighted by atomic mass is 28.3. The van der Waals surface area contributed by atoms with Gasteiger partial charge < -0.3 is 18.3 Å². The molecule has 0 N–H and O–H groups in total. The zero-order valence-electron chi connectivity index (χ0n) is 9.90. The van der Waals surface area contributed by atoms with Crippen LogP contribution in [0.3, 0.4) is 0 Å². The summed E-state index contributed by atoms with van der Waals surface area (Å²) >= 11 is 0. The van der Waals surface area contributed by atoms with Crippen LogP contribution in [0.4, 0.5) is 0 Å². The molecule has 0 saturated carbocycles. The van der Waals surface area contributed by atoms with E-state index in [0.29, 0.717) is 25.9 Å². The lowest BCUT2D eigenvalue weighted by atomic mass is 10.5. The van der Waals surface area contributed by atoms with E-state index in [2.05, 4.69) is 6.92 Å². The normalized spacial score (nSPS) is 22.0. The Hall–Kier alpha value is 0.0569. The fraction of sp³-hybridized carbons (Fsp3) is 1.00. The van der Waals surface area contributed by atoms with Crippen molar-refractivity contribution in [1.82, 2.24) is 0 Å². The quantitative estimate of drug-likeness (QED) is 0.441. The van der Waals surface area contributed by atoms with Gasteiger partial charge in [0.05, 0.1) is 18.9 Å². The van der Waals surface area contributed by atoms with Crippen LogP contribution in [0.15, 0.2) is 0 Å². The number of hydrogen-bond acceptors (Lipinski definition) is 4. The summed E-state index contributed by atoms with van der Waals surface area (Å²) in [6.45, 7) is 9.03. The second-order valence-electron chi connectivity index (χ2n) is 3.51. The fourth-order valence-electron chi connectivity index (χ4n) is 1.38. The third-order valence-electron chi connectivity index (χ3n) is 2.27. The average Bonchev–Trinajstić information content (AvgIpc) is 3.03. The Kier molecular flexibility index (Phi) is 6.43. The average molecular weight is 234 g/mol. The second-order valence-corrected chi connectivity index (χ2v) is 5.66. The maximum Gasteiger partial charge on any atom is 0.351 e. The first-order valence-electron chi connectivity index (χ1n) is 5.78. The highest BCUT2D eigenvalue weighted by Gasteiger charge is 2.29. The first kappa shape index (κ1) is 13.1. The van der Waals surface area contributed by atoms with E-state index >= 15 is 0 Å². The molecule has 4 nitrogen and oxygen atoms in total. The lowest BCUT2D eigenvalue weighted by molar-refractivity contribution is 0.0499. The fourth-order valence-corrected chi connectivity index (χ4v) is 3.21. The molecule has 1 aliphatic rings. The molecule has 0 bridgehead atoms. The standard InChI is InChI=1S/C10H22O4Si/c1-4-10(12-8-9-7-11-9)15(13-5-2)14-6-3/h9-10,15H,4-8H2,1-3H3. The molecular formula is C10H22O4Si. The van der Waals surface area contributed by atoms with Gasteiger partial charge in [0, 0.05) is 13.2 Å². The molecule has 1 heterocycles. The first-order chi connectivity index (χ1) is 7.31. The Balaban J connectivity index is 2.28. The van der Waals surface area contributed by atoms with Gasteiger partial charge in [-0.2, -0.15) is 0 Å². The smallest absolute Gasteiger partial charge is 0.351 e. The molecule has 1 rings (SSSR count). The van der Waals surface area contributed by atoms with E-state index < -0.39 is 9.28 Å². The Morgan fingerprint density at radius 1 is 1.27 bits per heavy atom. The number of hydrogen-bond donors (Lipinski definition) is 0. The first-order valence-corrected chi connectivity index (χ1v) is 7.39. The minimum atomic E-state index is -1.66. The van der Waals surface area contributed by atoms with Gasteiger partial charge in [-0.1, -0.05) is 6.92 Å². The summed E-state index contributed by atoms with van der Waals surface area (Å²) < 4.78 is 22.2. The SMILES string of the molecule is CCO[SiH](OCC)C(CC)OCC1CO1. The van der Waals surface area contributed by atoms with Crippen LogP contribution in [0.1, 0.15) is 27.2 Å². The van der Waals surface area contributed by atoms with E-state index in [9.17, 15) is 0 Å². The van der Waals surface area contributed by atoms with Crippen molar-refractivity contribution in [2.24, 2.45) is 0 Å². The van der Waals surface area contributed by atoms with E-state index in [1.54, 1.807) is 0 Å². The van der Waals surface area contributed by atoms with Gasteiger partial charge in [0.15, 0.2) is 0 Å². The highest BCUT2D eigenvalue weighted by molar-refractivity contribution is 6.46. The van der Waals surface area contributed by atoms with Crippen LogP contribution in [0.2, 0.25) is 0 Å². The molecule has 90 valence electrons. The Bertz CT molecular complexity index is 158. The molecule has 1 fully saturated rings. The van der Waals surface area contributed by atoms with Crippen LogP contribution in [0, 0.1) is 0 Å². The zero-order chi connectivity index (χ0) is 11.1. The predicted octanol–water partition coefficient (Wildman–Crippen LogP) is 1.01. The summed E-state index contributed by atoms with van der Waals surface area (Å²) in [6, 6.07) is 0. The minimum absolute atomic E-state index is 0.147. The Morgan fingerprint density at radius 3 is 2.27 bits per heavy atom. The maximum atomic E-state index is 5.77. The van der Waals surface area contributed by atoms with E-state index in [1.807, 2.05) is 13.8 Å². The molecule has 0 aromatic heterocycles. The van der Waals surface area contributed by atoms with E-state index in [-0.39, 0.29) is 5.73 Å². The molecule has 0 amide bonds. The maximum absolute atomic E-state index is 5.77. The molecule has 2 atom stereocenters. The number of ether oxygens (including phenoxy) is 2. The molecule has 0 radical (unpaired) electrons. The highest BCUT2D eigenvalue weighted by Crippen LogP contribution is 2.13.